The minimum absolute atomic E-state index is 0.146. The van der Waals surface area contributed by atoms with Crippen LogP contribution in [0, 0.1) is 0 Å². The quantitative estimate of drug-likeness (QED) is 0.712. The summed E-state index contributed by atoms with van der Waals surface area (Å²) in [6.07, 6.45) is 3.86. The van der Waals surface area contributed by atoms with E-state index in [4.69, 9.17) is 21.1 Å². The minimum atomic E-state index is -0.467. The lowest BCUT2D eigenvalue weighted by atomic mass is 9.77. The van der Waals surface area contributed by atoms with Gasteiger partial charge in [-0.25, -0.2) is 0 Å². The molecule has 4 nitrogen and oxygen atoms in total. The van der Waals surface area contributed by atoms with Gasteiger partial charge < -0.3 is 14.4 Å². The average molecular weight is 388 g/mol. The molecule has 5 heteroatoms. The molecule has 0 heterocycles. The SMILES string of the molecule is COc1cccc(CN(C)C(=O)C2(c3ccc(Cl)cc3)CCCC2)c1OC. The van der Waals surface area contributed by atoms with Gasteiger partial charge in [0.15, 0.2) is 11.5 Å². The van der Waals surface area contributed by atoms with E-state index in [9.17, 15) is 4.79 Å². The van der Waals surface area contributed by atoms with Gasteiger partial charge in [-0.1, -0.05) is 48.7 Å². The summed E-state index contributed by atoms with van der Waals surface area (Å²) in [6, 6.07) is 13.5. The third-order valence-electron chi connectivity index (χ3n) is 5.50. The molecule has 1 aliphatic rings. The van der Waals surface area contributed by atoms with Crippen LogP contribution in [-0.2, 0) is 16.8 Å². The highest BCUT2D eigenvalue weighted by Gasteiger charge is 2.44. The van der Waals surface area contributed by atoms with Crippen molar-refractivity contribution < 1.29 is 14.3 Å². The van der Waals surface area contributed by atoms with E-state index in [0.29, 0.717) is 23.1 Å². The van der Waals surface area contributed by atoms with Gasteiger partial charge in [-0.2, -0.15) is 0 Å². The van der Waals surface area contributed by atoms with E-state index in [0.717, 1.165) is 36.8 Å². The number of para-hydroxylation sites is 1. The number of rotatable bonds is 6. The van der Waals surface area contributed by atoms with Crippen LogP contribution in [0.2, 0.25) is 5.02 Å². The minimum Gasteiger partial charge on any atom is -0.493 e. The zero-order chi connectivity index (χ0) is 19.4. The molecule has 0 unspecified atom stereocenters. The molecule has 0 spiro atoms. The molecule has 2 aromatic rings. The van der Waals surface area contributed by atoms with E-state index in [1.807, 2.05) is 49.5 Å². The van der Waals surface area contributed by atoms with Gasteiger partial charge in [0, 0.05) is 24.2 Å². The molecular weight excluding hydrogens is 362 g/mol. The van der Waals surface area contributed by atoms with Gasteiger partial charge in [-0.3, -0.25) is 4.79 Å². The Morgan fingerprint density at radius 2 is 1.74 bits per heavy atom. The van der Waals surface area contributed by atoms with Crippen molar-refractivity contribution >= 4 is 17.5 Å². The standard InChI is InChI=1S/C22H26ClNO3/c1-24(15-16-7-6-8-19(26-2)20(16)27-3)21(25)22(13-4-5-14-22)17-9-11-18(23)12-10-17/h6-12H,4-5,13-15H2,1-3H3. The van der Waals surface area contributed by atoms with Gasteiger partial charge in [0.05, 0.1) is 19.6 Å². The lowest BCUT2D eigenvalue weighted by Crippen LogP contribution is -2.43. The van der Waals surface area contributed by atoms with E-state index in [1.165, 1.54) is 0 Å². The van der Waals surface area contributed by atoms with E-state index in [-0.39, 0.29) is 5.91 Å². The second-order valence-corrected chi connectivity index (χ2v) is 7.55. The van der Waals surface area contributed by atoms with E-state index in [2.05, 4.69) is 0 Å². The second kappa shape index (κ2) is 8.22. The van der Waals surface area contributed by atoms with Crippen LogP contribution in [-0.4, -0.2) is 32.1 Å². The first kappa shape index (κ1) is 19.6. The summed E-state index contributed by atoms with van der Waals surface area (Å²) in [7, 11) is 5.09. The highest BCUT2D eigenvalue weighted by atomic mass is 35.5. The van der Waals surface area contributed by atoms with Gasteiger partial charge in [0.1, 0.15) is 0 Å². The lowest BCUT2D eigenvalue weighted by Gasteiger charge is -2.33. The smallest absolute Gasteiger partial charge is 0.233 e. The molecule has 1 saturated carbocycles. The normalized spacial score (nSPS) is 15.4. The number of methoxy groups -OCH3 is 2. The van der Waals surface area contributed by atoms with Crippen molar-refractivity contribution in [2.24, 2.45) is 0 Å². The molecule has 0 atom stereocenters. The van der Waals surface area contributed by atoms with Crippen LogP contribution in [0.3, 0.4) is 0 Å². The third-order valence-corrected chi connectivity index (χ3v) is 5.75. The largest absolute Gasteiger partial charge is 0.493 e. The molecule has 1 amide bonds. The topological polar surface area (TPSA) is 38.8 Å². The maximum atomic E-state index is 13.5. The number of benzene rings is 2. The molecule has 3 rings (SSSR count). The molecule has 0 saturated heterocycles. The predicted octanol–water partition coefficient (Wildman–Crippen LogP) is 4.83. The number of likely N-dealkylation sites (N-methyl/N-ethyl adjacent to an activating group) is 1. The van der Waals surface area contributed by atoms with Crippen molar-refractivity contribution in [3.63, 3.8) is 0 Å². The van der Waals surface area contributed by atoms with Gasteiger partial charge in [-0.05, 0) is 36.6 Å². The third kappa shape index (κ3) is 3.77. The van der Waals surface area contributed by atoms with Gasteiger partial charge >= 0.3 is 0 Å². The molecule has 1 fully saturated rings. The number of halogens is 1. The lowest BCUT2D eigenvalue weighted by molar-refractivity contribution is -0.136. The fourth-order valence-electron chi connectivity index (χ4n) is 4.14. The van der Waals surface area contributed by atoms with Crippen molar-refractivity contribution in [3.05, 3.63) is 58.6 Å². The Labute approximate surface area is 166 Å². The zero-order valence-electron chi connectivity index (χ0n) is 16.1. The molecule has 0 radical (unpaired) electrons. The van der Waals surface area contributed by atoms with Crippen molar-refractivity contribution in [3.8, 4) is 11.5 Å². The molecule has 0 aliphatic heterocycles. The van der Waals surface area contributed by atoms with Gasteiger partial charge in [0.2, 0.25) is 5.91 Å². The number of hydrogen-bond acceptors (Lipinski definition) is 3. The first-order valence-corrected chi connectivity index (χ1v) is 9.61. The fraction of sp³-hybridized carbons (Fsp3) is 0.409. The summed E-state index contributed by atoms with van der Waals surface area (Å²) in [6.45, 7) is 0.467. The molecule has 144 valence electrons. The molecular formula is C22H26ClNO3. The van der Waals surface area contributed by atoms with Crippen LogP contribution in [0.4, 0.5) is 0 Å². The number of amides is 1. The molecule has 0 bridgehead atoms. The number of carbonyl (C=O) groups is 1. The molecule has 1 aliphatic carbocycles. The molecule has 27 heavy (non-hydrogen) atoms. The fourth-order valence-corrected chi connectivity index (χ4v) is 4.27. The Bertz CT molecular complexity index is 798. The Balaban J connectivity index is 1.88. The highest BCUT2D eigenvalue weighted by molar-refractivity contribution is 6.30. The Morgan fingerprint density at radius 1 is 1.07 bits per heavy atom. The van der Waals surface area contributed by atoms with Gasteiger partial charge in [0.25, 0.3) is 0 Å². The Kier molecular flexibility index (Phi) is 5.95. The van der Waals surface area contributed by atoms with Crippen molar-refractivity contribution in [1.82, 2.24) is 4.90 Å². The predicted molar refractivity (Wildman–Crippen MR) is 108 cm³/mol. The first-order valence-electron chi connectivity index (χ1n) is 9.23. The molecule has 2 aromatic carbocycles. The first-order chi connectivity index (χ1) is 13.0. The Morgan fingerprint density at radius 3 is 2.33 bits per heavy atom. The summed E-state index contributed by atoms with van der Waals surface area (Å²) in [5.74, 6) is 1.49. The molecule has 0 N–H and O–H groups in total. The van der Waals surface area contributed by atoms with Crippen LogP contribution < -0.4 is 9.47 Å². The van der Waals surface area contributed by atoms with Crippen molar-refractivity contribution in [1.29, 1.82) is 0 Å². The van der Waals surface area contributed by atoms with Crippen LogP contribution >= 0.6 is 11.6 Å². The number of carbonyl (C=O) groups excluding carboxylic acids is 1. The van der Waals surface area contributed by atoms with E-state index in [1.54, 1.807) is 19.1 Å². The number of ether oxygens (including phenoxy) is 2. The second-order valence-electron chi connectivity index (χ2n) is 7.11. The summed E-state index contributed by atoms with van der Waals surface area (Å²) >= 11 is 6.05. The summed E-state index contributed by atoms with van der Waals surface area (Å²) in [4.78, 5) is 15.3. The summed E-state index contributed by atoms with van der Waals surface area (Å²) in [5, 5.41) is 0.689. The van der Waals surface area contributed by atoms with E-state index < -0.39 is 5.41 Å². The molecule has 0 aromatic heterocycles. The van der Waals surface area contributed by atoms with E-state index >= 15 is 0 Å². The maximum Gasteiger partial charge on any atom is 0.233 e. The van der Waals surface area contributed by atoms with Crippen LogP contribution in [0.25, 0.3) is 0 Å². The van der Waals surface area contributed by atoms with Crippen molar-refractivity contribution in [2.45, 2.75) is 37.6 Å². The average Bonchev–Trinajstić information content (AvgIpc) is 3.18. The highest BCUT2D eigenvalue weighted by Crippen LogP contribution is 2.43. The number of nitrogens with zero attached hydrogens (tertiary/aromatic N) is 1. The van der Waals surface area contributed by atoms with Crippen LogP contribution in [0.5, 0.6) is 11.5 Å². The maximum absolute atomic E-state index is 13.5. The zero-order valence-corrected chi connectivity index (χ0v) is 16.9. The summed E-state index contributed by atoms with van der Waals surface area (Å²) < 4.78 is 10.9. The number of hydrogen-bond donors (Lipinski definition) is 0. The van der Waals surface area contributed by atoms with Crippen LogP contribution in [0.15, 0.2) is 42.5 Å². The van der Waals surface area contributed by atoms with Crippen LogP contribution in [0.1, 0.15) is 36.8 Å². The monoisotopic (exact) mass is 387 g/mol. The van der Waals surface area contributed by atoms with Gasteiger partial charge in [-0.15, -0.1) is 0 Å². The Hall–Kier alpha value is -2.20. The van der Waals surface area contributed by atoms with Crippen molar-refractivity contribution in [2.75, 3.05) is 21.3 Å². The summed E-state index contributed by atoms with van der Waals surface area (Å²) in [5.41, 5.74) is 1.52.